The molecule has 38 heavy (non-hydrogen) atoms. The van der Waals surface area contributed by atoms with Crippen LogP contribution in [0.25, 0.3) is 0 Å². The molecule has 8 nitrogen and oxygen atoms in total. The van der Waals surface area contributed by atoms with Gasteiger partial charge in [0.15, 0.2) is 11.5 Å². The molecule has 2 fully saturated rings. The first-order chi connectivity index (χ1) is 18.5. The molecule has 1 aromatic heterocycles. The molecule has 0 atom stereocenters. The maximum Gasteiger partial charge on any atom is 0.272 e. The second-order valence-electron chi connectivity index (χ2n) is 10.3. The van der Waals surface area contributed by atoms with Gasteiger partial charge in [-0.15, -0.1) is 10.2 Å². The van der Waals surface area contributed by atoms with Crippen LogP contribution in [0.3, 0.4) is 0 Å². The van der Waals surface area contributed by atoms with Gasteiger partial charge in [-0.05, 0) is 62.8 Å². The molecule has 1 saturated heterocycles. The van der Waals surface area contributed by atoms with Crippen molar-refractivity contribution >= 4 is 23.3 Å². The number of hydrogen-bond acceptors (Lipinski definition) is 7. The highest BCUT2D eigenvalue weighted by Crippen LogP contribution is 2.27. The van der Waals surface area contributed by atoms with Crippen molar-refractivity contribution in [3.8, 4) is 11.8 Å². The first kappa shape index (κ1) is 28.1. The van der Waals surface area contributed by atoms with Crippen molar-refractivity contribution in [1.82, 2.24) is 20.4 Å². The van der Waals surface area contributed by atoms with E-state index < -0.39 is 0 Å². The van der Waals surface area contributed by atoms with Gasteiger partial charge < -0.3 is 15.0 Å². The molecule has 2 aromatic rings. The number of carbonyl (C=O) groups is 1. The van der Waals surface area contributed by atoms with Crippen LogP contribution in [0.1, 0.15) is 81.3 Å². The van der Waals surface area contributed by atoms with Crippen molar-refractivity contribution in [1.29, 1.82) is 5.26 Å². The molecular weight excluding hydrogens is 500 g/mol. The standard InChI is InChI=1S/C29H39ClN6O2/c1-3-5-23(6-4-2)35-15-17-36(18-16-35)28-14-13-27(33-34-28)29(37)32-22-8-11-24(12-9-22)38-25-10-7-21(20-31)26(30)19-25/h7,10,13-14,19,22-24H,3-6,8-9,11-12,15-18H2,1-2H3,(H,32,37). The number of hydrogen-bond donors (Lipinski definition) is 1. The van der Waals surface area contributed by atoms with Crippen LogP contribution in [-0.2, 0) is 0 Å². The van der Waals surface area contributed by atoms with Crippen LogP contribution in [0.5, 0.6) is 5.75 Å². The zero-order chi connectivity index (χ0) is 26.9. The lowest BCUT2D eigenvalue weighted by Gasteiger charge is -2.39. The Morgan fingerprint density at radius 1 is 1.08 bits per heavy atom. The Labute approximate surface area is 231 Å². The molecule has 1 aromatic carbocycles. The molecule has 9 heteroatoms. The zero-order valence-corrected chi connectivity index (χ0v) is 23.3. The van der Waals surface area contributed by atoms with Crippen molar-refractivity contribution in [3.63, 3.8) is 0 Å². The maximum absolute atomic E-state index is 12.8. The molecule has 2 aliphatic rings. The Bertz CT molecular complexity index is 1080. The molecule has 2 heterocycles. The summed E-state index contributed by atoms with van der Waals surface area (Å²) in [6.45, 7) is 8.48. The van der Waals surface area contributed by atoms with Crippen LogP contribution in [0, 0.1) is 11.3 Å². The van der Waals surface area contributed by atoms with E-state index in [1.807, 2.05) is 6.07 Å². The predicted octanol–water partition coefficient (Wildman–Crippen LogP) is 5.21. The molecule has 1 N–H and O–H groups in total. The molecule has 0 bridgehead atoms. The van der Waals surface area contributed by atoms with Crippen molar-refractivity contribution in [2.24, 2.45) is 0 Å². The first-order valence-corrected chi connectivity index (χ1v) is 14.4. The molecule has 0 radical (unpaired) electrons. The Morgan fingerprint density at radius 2 is 1.79 bits per heavy atom. The summed E-state index contributed by atoms with van der Waals surface area (Å²) >= 11 is 6.11. The summed E-state index contributed by atoms with van der Waals surface area (Å²) in [7, 11) is 0. The van der Waals surface area contributed by atoms with E-state index in [4.69, 9.17) is 21.6 Å². The Kier molecular flexibility index (Phi) is 10.2. The maximum atomic E-state index is 12.8. The van der Waals surface area contributed by atoms with E-state index in [1.165, 1.54) is 25.7 Å². The third-order valence-corrected chi connectivity index (χ3v) is 7.97. The van der Waals surface area contributed by atoms with Crippen molar-refractivity contribution in [2.75, 3.05) is 31.1 Å². The minimum atomic E-state index is -0.181. The summed E-state index contributed by atoms with van der Waals surface area (Å²) in [5.41, 5.74) is 0.788. The number of halogens is 1. The van der Waals surface area contributed by atoms with Crippen LogP contribution in [-0.4, -0.2) is 65.4 Å². The average molecular weight is 539 g/mol. The lowest BCUT2D eigenvalue weighted by atomic mass is 9.93. The number of nitriles is 1. The van der Waals surface area contributed by atoms with Crippen molar-refractivity contribution in [3.05, 3.63) is 46.6 Å². The summed E-state index contributed by atoms with van der Waals surface area (Å²) < 4.78 is 6.05. The molecule has 204 valence electrons. The van der Waals surface area contributed by atoms with Gasteiger partial charge in [-0.2, -0.15) is 5.26 Å². The van der Waals surface area contributed by atoms with Gasteiger partial charge in [0.25, 0.3) is 5.91 Å². The fourth-order valence-electron chi connectivity index (χ4n) is 5.54. The summed E-state index contributed by atoms with van der Waals surface area (Å²) in [4.78, 5) is 17.7. The minimum Gasteiger partial charge on any atom is -0.490 e. The van der Waals surface area contributed by atoms with E-state index in [0.29, 0.717) is 28.1 Å². The molecule has 0 unspecified atom stereocenters. The van der Waals surface area contributed by atoms with E-state index >= 15 is 0 Å². The molecule has 4 rings (SSSR count). The second kappa shape index (κ2) is 13.8. The molecular formula is C29H39ClN6O2. The number of ether oxygens (including phenoxy) is 1. The fourth-order valence-corrected chi connectivity index (χ4v) is 5.76. The number of piperazine rings is 1. The second-order valence-corrected chi connectivity index (χ2v) is 10.8. The van der Waals surface area contributed by atoms with Crippen LogP contribution < -0.4 is 15.0 Å². The van der Waals surface area contributed by atoms with Gasteiger partial charge in [-0.25, -0.2) is 0 Å². The number of nitrogens with zero attached hydrogens (tertiary/aromatic N) is 5. The summed E-state index contributed by atoms with van der Waals surface area (Å²) in [5, 5.41) is 21.2. The topological polar surface area (TPSA) is 94.4 Å². The predicted molar refractivity (Wildman–Crippen MR) is 150 cm³/mol. The third-order valence-electron chi connectivity index (χ3n) is 7.65. The monoisotopic (exact) mass is 538 g/mol. The van der Waals surface area contributed by atoms with Gasteiger partial charge >= 0.3 is 0 Å². The van der Waals surface area contributed by atoms with Crippen molar-refractivity contribution in [2.45, 2.75) is 83.4 Å². The number of amides is 1. The third kappa shape index (κ3) is 7.36. The van der Waals surface area contributed by atoms with Crippen LogP contribution in [0.4, 0.5) is 5.82 Å². The molecule has 1 aliphatic heterocycles. The Hall–Kier alpha value is -2.89. The fraction of sp³-hybridized carbons (Fsp3) is 0.586. The van der Waals surface area contributed by atoms with E-state index in [1.54, 1.807) is 24.3 Å². The number of benzene rings is 1. The largest absolute Gasteiger partial charge is 0.490 e. The van der Waals surface area contributed by atoms with Gasteiger partial charge in [0.05, 0.1) is 16.7 Å². The number of carbonyl (C=O) groups excluding carboxylic acids is 1. The number of nitrogens with one attached hydrogen (secondary N) is 1. The lowest BCUT2D eigenvalue weighted by molar-refractivity contribution is 0.0888. The smallest absolute Gasteiger partial charge is 0.272 e. The van der Waals surface area contributed by atoms with Crippen molar-refractivity contribution < 1.29 is 9.53 Å². The van der Waals surface area contributed by atoms with E-state index in [2.05, 4.69) is 45.2 Å². The average Bonchev–Trinajstić information content (AvgIpc) is 2.94. The van der Waals surface area contributed by atoms with Gasteiger partial charge in [-0.3, -0.25) is 9.69 Å². The van der Waals surface area contributed by atoms with Gasteiger partial charge in [0.2, 0.25) is 0 Å². The van der Waals surface area contributed by atoms with Gasteiger partial charge in [0.1, 0.15) is 11.8 Å². The highest BCUT2D eigenvalue weighted by Gasteiger charge is 2.26. The molecule has 1 amide bonds. The minimum absolute atomic E-state index is 0.0610. The highest BCUT2D eigenvalue weighted by molar-refractivity contribution is 6.31. The molecule has 1 aliphatic carbocycles. The van der Waals surface area contributed by atoms with Gasteiger partial charge in [0, 0.05) is 44.3 Å². The highest BCUT2D eigenvalue weighted by atomic mass is 35.5. The Morgan fingerprint density at radius 3 is 2.37 bits per heavy atom. The lowest BCUT2D eigenvalue weighted by Crippen LogP contribution is -2.50. The summed E-state index contributed by atoms with van der Waals surface area (Å²) in [5.74, 6) is 1.32. The first-order valence-electron chi connectivity index (χ1n) is 14.0. The van der Waals surface area contributed by atoms with Gasteiger partial charge in [-0.1, -0.05) is 38.3 Å². The number of aromatic nitrogens is 2. The van der Waals surface area contributed by atoms with E-state index in [-0.39, 0.29) is 18.1 Å². The summed E-state index contributed by atoms with van der Waals surface area (Å²) in [6.07, 6.45) is 8.35. The number of anilines is 1. The summed E-state index contributed by atoms with van der Waals surface area (Å²) in [6, 6.07) is 11.7. The zero-order valence-electron chi connectivity index (χ0n) is 22.5. The quantitative estimate of drug-likeness (QED) is 0.443. The normalized spacial score (nSPS) is 20.2. The Balaban J connectivity index is 1.22. The van der Waals surface area contributed by atoms with Crippen LogP contribution in [0.15, 0.2) is 30.3 Å². The molecule has 1 saturated carbocycles. The number of rotatable bonds is 10. The molecule has 0 spiro atoms. The van der Waals surface area contributed by atoms with E-state index in [0.717, 1.165) is 57.7 Å². The van der Waals surface area contributed by atoms with Crippen LogP contribution in [0.2, 0.25) is 5.02 Å². The van der Waals surface area contributed by atoms with Crippen LogP contribution >= 0.6 is 11.6 Å². The van der Waals surface area contributed by atoms with E-state index in [9.17, 15) is 4.79 Å². The SMILES string of the molecule is CCCC(CCC)N1CCN(c2ccc(C(=O)NC3CCC(Oc4ccc(C#N)c(Cl)c4)CC3)nn2)CC1.